The number of nitrogens with one attached hydrogen (secondary N) is 3. The van der Waals surface area contributed by atoms with Crippen LogP contribution in [0.5, 0.6) is 0 Å². The Labute approximate surface area is 212 Å². The molecule has 0 aromatic heterocycles. The van der Waals surface area contributed by atoms with E-state index in [1.165, 1.54) is 35.0 Å². The van der Waals surface area contributed by atoms with Gasteiger partial charge in [0.2, 0.25) is 0 Å². The quantitative estimate of drug-likeness (QED) is 0.233. The minimum absolute atomic E-state index is 0.0457. The molecule has 1 saturated carbocycles. The summed E-state index contributed by atoms with van der Waals surface area (Å²) in [5.74, 6) is 1.39. The fraction of sp³-hybridized carbons (Fsp3) is 0.345. The van der Waals surface area contributed by atoms with Gasteiger partial charge >= 0.3 is 0 Å². The van der Waals surface area contributed by atoms with Crippen LogP contribution in [0.1, 0.15) is 42.0 Å². The Morgan fingerprint density at radius 3 is 2.57 bits per heavy atom. The van der Waals surface area contributed by atoms with E-state index in [1.807, 2.05) is 0 Å². The zero-order chi connectivity index (χ0) is 24.6. The van der Waals surface area contributed by atoms with E-state index in [2.05, 4.69) is 77.6 Å². The molecule has 1 heterocycles. The highest BCUT2D eigenvalue weighted by molar-refractivity contribution is 7.95. The fourth-order valence-corrected chi connectivity index (χ4v) is 6.83. The lowest BCUT2D eigenvalue weighted by molar-refractivity contribution is 0.473. The van der Waals surface area contributed by atoms with Gasteiger partial charge < -0.3 is 10.7 Å². The van der Waals surface area contributed by atoms with Crippen molar-refractivity contribution >= 4 is 29.7 Å². The summed E-state index contributed by atoms with van der Waals surface area (Å²) in [5.41, 5.74) is 6.56. The zero-order valence-electron chi connectivity index (χ0n) is 20.5. The van der Waals surface area contributed by atoms with Gasteiger partial charge in [0, 0.05) is 66.3 Å². The Morgan fingerprint density at radius 2 is 1.89 bits per heavy atom. The smallest absolute Gasteiger partial charge is 0.123 e. The summed E-state index contributed by atoms with van der Waals surface area (Å²) < 4.78 is 19.4. The number of anilines is 2. The molecular weight excluding hydrogens is 455 g/mol. The van der Waals surface area contributed by atoms with Crippen molar-refractivity contribution in [2.75, 3.05) is 25.0 Å². The van der Waals surface area contributed by atoms with E-state index in [1.54, 1.807) is 24.3 Å². The molecule has 1 aliphatic heterocycles. The average molecular weight is 489 g/mol. The lowest BCUT2D eigenvalue weighted by atomic mass is 9.86. The second kappa shape index (κ2) is 9.76. The maximum absolute atomic E-state index is 13.4. The molecule has 182 valence electrons. The van der Waals surface area contributed by atoms with Crippen molar-refractivity contribution in [2.45, 2.75) is 32.1 Å². The van der Waals surface area contributed by atoms with Crippen LogP contribution in [0, 0.1) is 30.0 Å². The summed E-state index contributed by atoms with van der Waals surface area (Å²) in [7, 11) is 0. The number of rotatable bonds is 9. The number of fused-ring (bicyclic) bond motifs is 1. The van der Waals surface area contributed by atoms with Gasteiger partial charge in [0.15, 0.2) is 0 Å². The van der Waals surface area contributed by atoms with Crippen molar-refractivity contribution in [3.8, 4) is 0 Å². The number of hydrogen-bond donors (Lipinski definition) is 3. The van der Waals surface area contributed by atoms with Crippen LogP contribution in [0.4, 0.5) is 15.8 Å². The molecule has 0 bridgehead atoms. The van der Waals surface area contributed by atoms with Crippen LogP contribution in [-0.4, -0.2) is 30.2 Å². The molecule has 6 heteroatoms. The number of hydrogen-bond acceptors (Lipinski definition) is 5. The molecule has 3 atom stereocenters. The second-order valence-corrected chi connectivity index (χ2v) is 11.2. The van der Waals surface area contributed by atoms with Gasteiger partial charge in [-0.15, -0.1) is 0 Å². The maximum atomic E-state index is 13.4. The summed E-state index contributed by atoms with van der Waals surface area (Å²) in [6.45, 7) is 9.65. The topological polar surface area (TPSA) is 51.2 Å². The third kappa shape index (κ3) is 4.63. The third-order valence-electron chi connectivity index (χ3n) is 7.37. The van der Waals surface area contributed by atoms with Crippen molar-refractivity contribution in [2.24, 2.45) is 11.8 Å². The lowest BCUT2D eigenvalue weighted by Gasteiger charge is -2.26. The number of benzene rings is 3. The highest BCUT2D eigenvalue weighted by atomic mass is 32.2. The van der Waals surface area contributed by atoms with Crippen LogP contribution in [0.25, 0.3) is 0 Å². The summed E-state index contributed by atoms with van der Waals surface area (Å²) >= 11 is 1.75. The van der Waals surface area contributed by atoms with E-state index < -0.39 is 0 Å². The van der Waals surface area contributed by atoms with Gasteiger partial charge in [-0.2, -0.15) is 0 Å². The van der Waals surface area contributed by atoms with Crippen molar-refractivity contribution in [3.05, 3.63) is 94.8 Å². The van der Waals surface area contributed by atoms with E-state index >= 15 is 0 Å². The maximum Gasteiger partial charge on any atom is 0.123 e. The van der Waals surface area contributed by atoms with Crippen molar-refractivity contribution in [1.82, 2.24) is 9.03 Å². The Morgan fingerprint density at radius 1 is 1.14 bits per heavy atom. The third-order valence-corrected chi connectivity index (χ3v) is 8.20. The Bertz CT molecular complexity index is 1200. The number of nitrogens with zero attached hydrogens (tertiary/aromatic N) is 1. The fourth-order valence-electron chi connectivity index (χ4n) is 5.73. The highest BCUT2D eigenvalue weighted by Gasteiger charge is 2.70. The van der Waals surface area contributed by atoms with Crippen LogP contribution in [0.3, 0.4) is 0 Å². The van der Waals surface area contributed by atoms with Crippen molar-refractivity contribution in [3.63, 3.8) is 0 Å². The van der Waals surface area contributed by atoms with Gasteiger partial charge in [-0.3, -0.25) is 4.72 Å². The van der Waals surface area contributed by atoms with Crippen LogP contribution < -0.4 is 10.0 Å². The monoisotopic (exact) mass is 488 g/mol. The molecule has 2 fully saturated rings. The lowest BCUT2D eigenvalue weighted by Crippen LogP contribution is -2.28. The van der Waals surface area contributed by atoms with Gasteiger partial charge in [-0.1, -0.05) is 44.2 Å². The largest absolute Gasteiger partial charge is 0.355 e. The molecule has 0 amide bonds. The van der Waals surface area contributed by atoms with E-state index in [0.29, 0.717) is 17.8 Å². The van der Waals surface area contributed by atoms with Gasteiger partial charge in [0.25, 0.3) is 0 Å². The summed E-state index contributed by atoms with van der Waals surface area (Å²) in [5, 5.41) is 11.5. The molecule has 1 aliphatic carbocycles. The molecule has 3 aromatic carbocycles. The van der Waals surface area contributed by atoms with E-state index in [4.69, 9.17) is 5.41 Å². The first kappa shape index (κ1) is 24.0. The minimum Gasteiger partial charge on any atom is -0.355 e. The second-order valence-electron chi connectivity index (χ2n) is 10.2. The van der Waals surface area contributed by atoms with E-state index in [0.717, 1.165) is 36.6 Å². The zero-order valence-corrected chi connectivity index (χ0v) is 21.3. The first-order valence-electron chi connectivity index (χ1n) is 12.3. The molecule has 0 radical (unpaired) electrons. The molecule has 4 nitrogen and oxygen atoms in total. The number of halogens is 1. The normalized spacial score (nSPS) is 23.3. The molecule has 2 aliphatic rings. The van der Waals surface area contributed by atoms with E-state index in [-0.39, 0.29) is 11.2 Å². The minimum atomic E-state index is -0.258. The summed E-state index contributed by atoms with van der Waals surface area (Å²) in [6.07, 6.45) is 1.42. The molecule has 35 heavy (non-hydrogen) atoms. The Hall–Kier alpha value is -2.67. The molecule has 1 saturated heterocycles. The first-order chi connectivity index (χ1) is 16.9. The molecule has 3 aromatic rings. The number of aryl methyl sites for hydroxylation is 1. The van der Waals surface area contributed by atoms with Crippen LogP contribution in [-0.2, 0) is 5.41 Å². The van der Waals surface area contributed by atoms with Crippen LogP contribution in [0.15, 0.2) is 66.7 Å². The molecule has 3 unspecified atom stereocenters. The molecule has 3 N–H and O–H groups in total. The predicted molar refractivity (Wildman–Crippen MR) is 145 cm³/mol. The SMILES string of the molecule is Cc1cc(Nc2ccc(F)cc2)c(C=N)cc1C12CN(SNCC(C)C)CC1C2c1ccccc1. The highest BCUT2D eigenvalue weighted by Crippen LogP contribution is 2.70. The Balaban J connectivity index is 1.47. The number of piperidine rings is 1. The van der Waals surface area contributed by atoms with Crippen LogP contribution in [0.2, 0.25) is 0 Å². The standard InChI is InChI=1S/C29H33FN4S/c1-19(2)16-32-35-34-17-26-28(21-7-5-4-6-8-21)29(26,18-34)25-14-22(15-31)27(13-20(25)3)33-24-11-9-23(30)10-12-24/h4-15,19,26,28,31-33H,16-18H2,1-3H3. The summed E-state index contributed by atoms with van der Waals surface area (Å²) in [6, 6.07) is 21.6. The van der Waals surface area contributed by atoms with Gasteiger partial charge in [0.05, 0.1) is 0 Å². The van der Waals surface area contributed by atoms with Crippen molar-refractivity contribution in [1.29, 1.82) is 5.41 Å². The van der Waals surface area contributed by atoms with Crippen molar-refractivity contribution < 1.29 is 4.39 Å². The molecule has 0 spiro atoms. The summed E-state index contributed by atoms with van der Waals surface area (Å²) in [4.78, 5) is 0. The molecular formula is C29H33FN4S. The van der Waals surface area contributed by atoms with Gasteiger partial charge in [-0.25, -0.2) is 8.70 Å². The predicted octanol–water partition coefficient (Wildman–Crippen LogP) is 6.65. The first-order valence-corrected chi connectivity index (χ1v) is 13.1. The van der Waals surface area contributed by atoms with Crippen LogP contribution >= 0.6 is 12.1 Å². The average Bonchev–Trinajstić information content (AvgIpc) is 3.31. The Kier molecular flexibility index (Phi) is 6.71. The van der Waals surface area contributed by atoms with Gasteiger partial charge in [0.1, 0.15) is 5.82 Å². The van der Waals surface area contributed by atoms with E-state index in [9.17, 15) is 4.39 Å². The van der Waals surface area contributed by atoms with Gasteiger partial charge in [-0.05, 0) is 71.8 Å². The molecule has 5 rings (SSSR count).